The summed E-state index contributed by atoms with van der Waals surface area (Å²) < 4.78 is 39.0. The molecule has 3 aliphatic heterocycles. The fourth-order valence-electron chi connectivity index (χ4n) is 6.65. The van der Waals surface area contributed by atoms with E-state index in [9.17, 15) is 55.5 Å². The predicted octanol–water partition coefficient (Wildman–Crippen LogP) is -2.79. The molecule has 1 aromatic carbocycles. The number of rotatable bonds is 11. The molecule has 4 aliphatic rings. The Morgan fingerprint density at radius 3 is 2.08 bits per heavy atom. The third kappa shape index (κ3) is 7.60. The molecule has 9 N–H and O–H groups in total. The number of hydrogen-bond acceptors (Lipinski definition) is 17. The van der Waals surface area contributed by atoms with Crippen LogP contribution in [0.5, 0.6) is 11.5 Å². The lowest BCUT2D eigenvalue weighted by Gasteiger charge is -2.43. The van der Waals surface area contributed by atoms with Crippen LogP contribution in [0.3, 0.4) is 0 Å². The van der Waals surface area contributed by atoms with Crippen molar-refractivity contribution >= 4 is 18.0 Å². The lowest BCUT2D eigenvalue weighted by molar-refractivity contribution is -0.342. The second kappa shape index (κ2) is 15.9. The van der Waals surface area contributed by atoms with Crippen LogP contribution in [0.15, 0.2) is 36.1 Å². The van der Waals surface area contributed by atoms with Crippen LogP contribution in [0.25, 0.3) is 6.08 Å². The highest BCUT2D eigenvalue weighted by Gasteiger charge is 2.54. The monoisotopic (exact) mass is 714 g/mol. The molecule has 1 saturated carbocycles. The second-order valence-corrected chi connectivity index (χ2v) is 12.5. The number of carbonyl (C=O) groups is 2. The quantitative estimate of drug-likeness (QED) is 0.0827. The highest BCUT2D eigenvalue weighted by Crippen LogP contribution is 2.48. The summed E-state index contributed by atoms with van der Waals surface area (Å²) in [4.78, 5) is 25.0. The van der Waals surface area contributed by atoms with Gasteiger partial charge in [0, 0.05) is 23.8 Å². The fourth-order valence-corrected chi connectivity index (χ4v) is 6.65. The van der Waals surface area contributed by atoms with Crippen molar-refractivity contribution in [3.8, 4) is 11.5 Å². The molecule has 0 spiro atoms. The van der Waals surface area contributed by atoms with E-state index in [2.05, 4.69) is 0 Å². The Labute approximate surface area is 285 Å². The van der Waals surface area contributed by atoms with E-state index in [1.165, 1.54) is 25.3 Å². The molecule has 50 heavy (non-hydrogen) atoms. The summed E-state index contributed by atoms with van der Waals surface area (Å²) in [7, 11) is 1.34. The van der Waals surface area contributed by atoms with Crippen molar-refractivity contribution in [1.82, 2.24) is 0 Å². The van der Waals surface area contributed by atoms with Crippen molar-refractivity contribution in [2.24, 2.45) is 17.8 Å². The van der Waals surface area contributed by atoms with Gasteiger partial charge in [0.1, 0.15) is 54.9 Å². The summed E-state index contributed by atoms with van der Waals surface area (Å²) in [5, 5.41) is 89.8. The van der Waals surface area contributed by atoms with Gasteiger partial charge in [-0.05, 0) is 30.2 Å². The number of esters is 1. The Bertz CT molecular complexity index is 1410. The second-order valence-electron chi connectivity index (χ2n) is 12.5. The van der Waals surface area contributed by atoms with E-state index in [4.69, 9.17) is 33.2 Å². The first-order valence-electron chi connectivity index (χ1n) is 15.9. The Morgan fingerprint density at radius 2 is 1.48 bits per heavy atom. The zero-order chi connectivity index (χ0) is 36.4. The average Bonchev–Trinajstić information content (AvgIpc) is 3.43. The smallest absolute Gasteiger partial charge is 0.334 e. The molecule has 278 valence electrons. The fraction of sp³-hybridized carbons (Fsp3) is 0.625. The van der Waals surface area contributed by atoms with Crippen molar-refractivity contribution in [2.75, 3.05) is 20.3 Å². The van der Waals surface area contributed by atoms with Gasteiger partial charge in [0.15, 0.2) is 17.8 Å². The van der Waals surface area contributed by atoms with Gasteiger partial charge in [-0.25, -0.2) is 9.59 Å². The van der Waals surface area contributed by atoms with E-state index in [-0.39, 0.29) is 23.5 Å². The molecule has 0 aromatic heterocycles. The SMILES string of the molecule is COc1cc(/C=C/C(=O)O[C@@H]2C[C@H]3C(C(=O)O)=CO[C@@H](O[C@@H]4O[C@H](CO)[C@@H](O)[C@H](O)[C@H]4O)[C@@H]3[C@H]2C)ccc1O[C@H]1O[C@H](CO)[C@@H](O)[C@H](O)[C@H]1O. The molecular weight excluding hydrogens is 672 g/mol. The third-order valence-electron chi connectivity index (χ3n) is 9.51. The number of ether oxygens (including phenoxy) is 7. The molecule has 1 aliphatic carbocycles. The lowest BCUT2D eigenvalue weighted by atomic mass is 9.83. The molecule has 2 saturated heterocycles. The number of carbonyl (C=O) groups excluding carboxylic acids is 1. The van der Waals surface area contributed by atoms with Gasteiger partial charge in [-0.15, -0.1) is 0 Å². The van der Waals surface area contributed by atoms with E-state index < -0.39 is 117 Å². The molecule has 1 aromatic rings. The summed E-state index contributed by atoms with van der Waals surface area (Å²) in [5.74, 6) is -3.70. The van der Waals surface area contributed by atoms with Crippen molar-refractivity contribution < 1.29 is 88.7 Å². The molecule has 15 atom stereocenters. The summed E-state index contributed by atoms with van der Waals surface area (Å²) in [5.41, 5.74) is 0.383. The summed E-state index contributed by atoms with van der Waals surface area (Å²) >= 11 is 0. The maximum Gasteiger partial charge on any atom is 0.334 e. The molecule has 5 rings (SSSR count). The number of carboxylic acid groups (broad SMARTS) is 1. The van der Waals surface area contributed by atoms with Crippen LogP contribution in [-0.2, 0) is 33.3 Å². The molecule has 3 fully saturated rings. The highest BCUT2D eigenvalue weighted by molar-refractivity contribution is 5.88. The number of methoxy groups -OCH3 is 1. The van der Waals surface area contributed by atoms with Crippen LogP contribution in [-0.4, -0.2) is 152 Å². The third-order valence-corrected chi connectivity index (χ3v) is 9.51. The van der Waals surface area contributed by atoms with Gasteiger partial charge in [-0.1, -0.05) is 13.0 Å². The van der Waals surface area contributed by atoms with Crippen molar-refractivity contribution in [3.63, 3.8) is 0 Å². The van der Waals surface area contributed by atoms with Crippen LogP contribution in [0.2, 0.25) is 0 Å². The first kappa shape index (κ1) is 37.8. The minimum absolute atomic E-state index is 0.0808. The Hall–Kier alpha value is -3.40. The summed E-state index contributed by atoms with van der Waals surface area (Å²) in [6.45, 7) is 0.397. The van der Waals surface area contributed by atoms with Gasteiger partial charge in [-0.2, -0.15) is 0 Å². The normalized spacial score (nSPS) is 40.0. The highest BCUT2D eigenvalue weighted by atomic mass is 16.8. The maximum atomic E-state index is 13.0. The van der Waals surface area contributed by atoms with Crippen LogP contribution < -0.4 is 9.47 Å². The minimum Gasteiger partial charge on any atom is -0.493 e. The van der Waals surface area contributed by atoms with Gasteiger partial charge in [0.05, 0.1) is 32.2 Å². The van der Waals surface area contributed by atoms with Crippen LogP contribution in [0, 0.1) is 17.8 Å². The largest absolute Gasteiger partial charge is 0.493 e. The Balaban J connectivity index is 1.24. The number of aliphatic hydroxyl groups excluding tert-OH is 8. The molecule has 0 unspecified atom stereocenters. The molecular formula is C32H42O18. The van der Waals surface area contributed by atoms with Gasteiger partial charge in [0.25, 0.3) is 0 Å². The van der Waals surface area contributed by atoms with E-state index >= 15 is 0 Å². The van der Waals surface area contributed by atoms with Crippen LogP contribution in [0.4, 0.5) is 0 Å². The number of aliphatic carboxylic acids is 1. The topological polar surface area (TPSA) is 281 Å². The zero-order valence-electron chi connectivity index (χ0n) is 26.9. The van der Waals surface area contributed by atoms with E-state index in [1.807, 2.05) is 0 Å². The average molecular weight is 715 g/mol. The van der Waals surface area contributed by atoms with E-state index in [0.717, 1.165) is 12.3 Å². The van der Waals surface area contributed by atoms with E-state index in [1.54, 1.807) is 13.0 Å². The van der Waals surface area contributed by atoms with Gasteiger partial charge < -0.3 is 79.1 Å². The number of hydrogen-bond donors (Lipinski definition) is 9. The number of benzene rings is 1. The minimum atomic E-state index is -1.72. The zero-order valence-corrected chi connectivity index (χ0v) is 26.9. The van der Waals surface area contributed by atoms with Crippen LogP contribution in [0.1, 0.15) is 18.9 Å². The predicted molar refractivity (Wildman–Crippen MR) is 163 cm³/mol. The molecule has 0 radical (unpaired) electrons. The van der Waals surface area contributed by atoms with Gasteiger partial charge in [-0.3, -0.25) is 0 Å². The molecule has 0 bridgehead atoms. The summed E-state index contributed by atoms with van der Waals surface area (Å²) in [6, 6.07) is 4.49. The maximum absolute atomic E-state index is 13.0. The first-order valence-corrected chi connectivity index (χ1v) is 15.9. The van der Waals surface area contributed by atoms with Crippen molar-refractivity contribution in [2.45, 2.75) is 87.2 Å². The van der Waals surface area contributed by atoms with Gasteiger partial charge in [0.2, 0.25) is 12.6 Å². The number of aliphatic hydroxyl groups is 8. The van der Waals surface area contributed by atoms with Gasteiger partial charge >= 0.3 is 11.9 Å². The van der Waals surface area contributed by atoms with Crippen LogP contribution >= 0.6 is 0 Å². The lowest BCUT2D eigenvalue weighted by Crippen LogP contribution is -2.60. The standard InChI is InChI=1S/C32H42O18/c1-12-17(8-14-15(29(42)43)11-45-30(22(12)14)50-32-28(41)26(39)24(37)20(10-34)49-32)46-21(35)6-4-13-3-5-16(18(7-13)44-2)47-31-27(40)25(38)23(36)19(9-33)48-31/h3-7,11-12,14,17,19-20,22-28,30-34,36-41H,8-10H2,1-2H3,(H,42,43)/b6-4+/t12-,14-,17+,19+,20+,22+,23+,24+,25-,26-,27+,28+,30-,31-,32-/m0/s1. The van der Waals surface area contributed by atoms with E-state index in [0.29, 0.717) is 5.56 Å². The Morgan fingerprint density at radius 1 is 0.860 bits per heavy atom. The number of fused-ring (bicyclic) bond motifs is 1. The molecule has 0 amide bonds. The van der Waals surface area contributed by atoms with Crippen molar-refractivity contribution in [3.05, 3.63) is 41.7 Å². The molecule has 18 heteroatoms. The Kier molecular flexibility index (Phi) is 12.0. The van der Waals surface area contributed by atoms with Crippen molar-refractivity contribution in [1.29, 1.82) is 0 Å². The molecule has 18 nitrogen and oxygen atoms in total. The summed E-state index contributed by atoms with van der Waals surface area (Å²) in [6.07, 6.45) is -13.6. The molecule has 3 heterocycles. The first-order chi connectivity index (χ1) is 23.8. The number of carboxylic acids is 1.